The third-order valence-electron chi connectivity index (χ3n) is 2.95. The van der Waals surface area contributed by atoms with Gasteiger partial charge in [0.2, 0.25) is 0 Å². The molecule has 92 valence electrons. The molecule has 0 aliphatic heterocycles. The van der Waals surface area contributed by atoms with Crippen LogP contribution < -0.4 is 10.5 Å². The standard InChI is InChI=1S/C13H14N4O/c1-18-10-2-3-11-8(4-10)5-12(15-11)13-6-9(7-14)16-17-13/h2-6,15H,7,14H2,1H3,(H,16,17). The Hall–Kier alpha value is -2.27. The van der Waals surface area contributed by atoms with E-state index in [-0.39, 0.29) is 0 Å². The zero-order valence-corrected chi connectivity index (χ0v) is 10.0. The number of fused-ring (bicyclic) bond motifs is 1. The number of methoxy groups -OCH3 is 1. The molecule has 0 aliphatic rings. The van der Waals surface area contributed by atoms with E-state index in [4.69, 9.17) is 10.5 Å². The van der Waals surface area contributed by atoms with Gasteiger partial charge in [-0.25, -0.2) is 0 Å². The third kappa shape index (κ3) is 1.74. The van der Waals surface area contributed by atoms with Crippen LogP contribution in [0.5, 0.6) is 5.75 Å². The first-order valence-corrected chi connectivity index (χ1v) is 5.71. The first kappa shape index (κ1) is 10.9. The molecule has 5 heteroatoms. The summed E-state index contributed by atoms with van der Waals surface area (Å²) >= 11 is 0. The Bertz CT molecular complexity index is 683. The maximum Gasteiger partial charge on any atom is 0.119 e. The van der Waals surface area contributed by atoms with Crippen LogP contribution in [0, 0.1) is 0 Å². The molecule has 3 aromatic rings. The molecule has 0 saturated carbocycles. The maximum atomic E-state index is 5.56. The molecule has 4 N–H and O–H groups in total. The Balaban J connectivity index is 2.07. The molecule has 0 saturated heterocycles. The normalized spacial score (nSPS) is 11.0. The number of nitrogens with one attached hydrogen (secondary N) is 2. The maximum absolute atomic E-state index is 5.56. The molecule has 18 heavy (non-hydrogen) atoms. The number of hydrogen-bond donors (Lipinski definition) is 3. The minimum Gasteiger partial charge on any atom is -0.497 e. The average Bonchev–Trinajstić information content (AvgIpc) is 3.03. The van der Waals surface area contributed by atoms with Gasteiger partial charge in [0.25, 0.3) is 0 Å². The summed E-state index contributed by atoms with van der Waals surface area (Å²) in [6, 6.07) is 9.91. The molecule has 0 amide bonds. The van der Waals surface area contributed by atoms with E-state index in [1.165, 1.54) is 0 Å². The van der Waals surface area contributed by atoms with Crippen molar-refractivity contribution in [2.24, 2.45) is 5.73 Å². The third-order valence-corrected chi connectivity index (χ3v) is 2.95. The lowest BCUT2D eigenvalue weighted by molar-refractivity contribution is 0.415. The van der Waals surface area contributed by atoms with Gasteiger partial charge < -0.3 is 15.5 Å². The van der Waals surface area contributed by atoms with Gasteiger partial charge in [0.15, 0.2) is 0 Å². The van der Waals surface area contributed by atoms with Crippen LogP contribution in [-0.2, 0) is 6.54 Å². The average molecular weight is 242 g/mol. The number of ether oxygens (including phenoxy) is 1. The zero-order valence-electron chi connectivity index (χ0n) is 10.0. The van der Waals surface area contributed by atoms with Gasteiger partial charge in [0.1, 0.15) is 11.4 Å². The number of rotatable bonds is 3. The molecule has 0 spiro atoms. The van der Waals surface area contributed by atoms with Crippen molar-refractivity contribution in [2.45, 2.75) is 6.54 Å². The van der Waals surface area contributed by atoms with Crippen molar-refractivity contribution in [3.63, 3.8) is 0 Å². The second-order valence-corrected chi connectivity index (χ2v) is 4.12. The highest BCUT2D eigenvalue weighted by Crippen LogP contribution is 2.26. The fraction of sp³-hybridized carbons (Fsp3) is 0.154. The minimum atomic E-state index is 0.459. The predicted octanol–water partition coefficient (Wildman–Crippen LogP) is 2.03. The molecule has 2 heterocycles. The summed E-state index contributed by atoms with van der Waals surface area (Å²) in [4.78, 5) is 3.32. The molecule has 0 bridgehead atoms. The molecule has 0 fully saturated rings. The molecule has 3 rings (SSSR count). The van der Waals surface area contributed by atoms with Crippen molar-refractivity contribution >= 4 is 10.9 Å². The summed E-state index contributed by atoms with van der Waals surface area (Å²) < 4.78 is 5.21. The van der Waals surface area contributed by atoms with Crippen molar-refractivity contribution < 1.29 is 4.74 Å². The van der Waals surface area contributed by atoms with Gasteiger partial charge >= 0.3 is 0 Å². The Morgan fingerprint density at radius 2 is 2.17 bits per heavy atom. The summed E-state index contributed by atoms with van der Waals surface area (Å²) in [5, 5.41) is 8.23. The monoisotopic (exact) mass is 242 g/mol. The molecule has 0 radical (unpaired) electrons. The van der Waals surface area contributed by atoms with E-state index >= 15 is 0 Å². The van der Waals surface area contributed by atoms with Crippen LogP contribution >= 0.6 is 0 Å². The van der Waals surface area contributed by atoms with Crippen molar-refractivity contribution in [1.82, 2.24) is 15.2 Å². The van der Waals surface area contributed by atoms with E-state index in [2.05, 4.69) is 15.2 Å². The van der Waals surface area contributed by atoms with E-state index in [0.717, 1.165) is 33.7 Å². The van der Waals surface area contributed by atoms with Crippen molar-refractivity contribution in [2.75, 3.05) is 7.11 Å². The quantitative estimate of drug-likeness (QED) is 0.657. The summed E-state index contributed by atoms with van der Waals surface area (Å²) in [6.07, 6.45) is 0. The summed E-state index contributed by atoms with van der Waals surface area (Å²) in [5.41, 5.74) is 9.37. The number of nitrogens with zero attached hydrogens (tertiary/aromatic N) is 1. The second kappa shape index (κ2) is 4.19. The molecule has 0 aliphatic carbocycles. The van der Waals surface area contributed by atoms with Crippen LogP contribution in [0.15, 0.2) is 30.3 Å². The predicted molar refractivity (Wildman–Crippen MR) is 70.3 cm³/mol. The highest BCUT2D eigenvalue weighted by atomic mass is 16.5. The Kier molecular flexibility index (Phi) is 2.53. The number of H-pyrrole nitrogens is 2. The zero-order chi connectivity index (χ0) is 12.5. The van der Waals surface area contributed by atoms with E-state index < -0.39 is 0 Å². The van der Waals surface area contributed by atoms with Gasteiger partial charge in [-0.3, -0.25) is 5.10 Å². The number of hydrogen-bond acceptors (Lipinski definition) is 3. The molecular formula is C13H14N4O. The lowest BCUT2D eigenvalue weighted by atomic mass is 10.2. The Labute approximate surface area is 104 Å². The molecule has 2 aromatic heterocycles. The van der Waals surface area contributed by atoms with Crippen molar-refractivity contribution in [1.29, 1.82) is 0 Å². The van der Waals surface area contributed by atoms with Crippen molar-refractivity contribution in [3.05, 3.63) is 36.0 Å². The second-order valence-electron chi connectivity index (χ2n) is 4.12. The van der Waals surface area contributed by atoms with Crippen LogP contribution in [0.2, 0.25) is 0 Å². The van der Waals surface area contributed by atoms with Gasteiger partial charge in [-0.05, 0) is 30.3 Å². The molecule has 0 atom stereocenters. The van der Waals surface area contributed by atoms with E-state index in [1.54, 1.807) is 7.11 Å². The summed E-state index contributed by atoms with van der Waals surface area (Å²) in [6.45, 7) is 0.459. The molecular weight excluding hydrogens is 228 g/mol. The summed E-state index contributed by atoms with van der Waals surface area (Å²) in [5.74, 6) is 0.845. The largest absolute Gasteiger partial charge is 0.497 e. The Morgan fingerprint density at radius 3 is 2.89 bits per heavy atom. The van der Waals surface area contributed by atoms with E-state index in [0.29, 0.717) is 6.54 Å². The van der Waals surface area contributed by atoms with Gasteiger partial charge in [-0.15, -0.1) is 0 Å². The first-order chi connectivity index (χ1) is 8.80. The van der Waals surface area contributed by atoms with Gasteiger partial charge in [0, 0.05) is 23.1 Å². The Morgan fingerprint density at radius 1 is 1.28 bits per heavy atom. The highest BCUT2D eigenvalue weighted by molar-refractivity contribution is 5.86. The molecule has 5 nitrogen and oxygen atoms in total. The lowest BCUT2D eigenvalue weighted by Crippen LogP contribution is -1.95. The SMILES string of the molecule is COc1ccc2[nH]c(-c3cc(CN)[nH]n3)cc2c1. The van der Waals surface area contributed by atoms with Gasteiger partial charge in [-0.1, -0.05) is 0 Å². The van der Waals surface area contributed by atoms with Crippen LogP contribution in [0.25, 0.3) is 22.3 Å². The lowest BCUT2D eigenvalue weighted by Gasteiger charge is -1.97. The molecule has 0 unspecified atom stereocenters. The van der Waals surface area contributed by atoms with Gasteiger partial charge in [-0.2, -0.15) is 5.10 Å². The van der Waals surface area contributed by atoms with Crippen LogP contribution in [0.4, 0.5) is 0 Å². The van der Waals surface area contributed by atoms with E-state index in [1.807, 2.05) is 30.3 Å². The molecule has 1 aromatic carbocycles. The van der Waals surface area contributed by atoms with Gasteiger partial charge in [0.05, 0.1) is 12.8 Å². The highest BCUT2D eigenvalue weighted by Gasteiger charge is 2.07. The van der Waals surface area contributed by atoms with E-state index in [9.17, 15) is 0 Å². The van der Waals surface area contributed by atoms with Crippen LogP contribution in [0.1, 0.15) is 5.69 Å². The topological polar surface area (TPSA) is 79.7 Å². The number of aromatic nitrogens is 3. The minimum absolute atomic E-state index is 0.459. The smallest absolute Gasteiger partial charge is 0.119 e. The van der Waals surface area contributed by atoms with Crippen molar-refractivity contribution in [3.8, 4) is 17.1 Å². The fourth-order valence-electron chi connectivity index (χ4n) is 1.98. The first-order valence-electron chi connectivity index (χ1n) is 5.71. The number of aromatic amines is 2. The van der Waals surface area contributed by atoms with Crippen LogP contribution in [-0.4, -0.2) is 22.3 Å². The fourth-order valence-corrected chi connectivity index (χ4v) is 1.98. The number of nitrogens with two attached hydrogens (primary N) is 1. The van der Waals surface area contributed by atoms with Crippen LogP contribution in [0.3, 0.4) is 0 Å². The number of benzene rings is 1. The summed E-state index contributed by atoms with van der Waals surface area (Å²) in [7, 11) is 1.66.